The summed E-state index contributed by atoms with van der Waals surface area (Å²) in [6, 6.07) is 13.4. The predicted molar refractivity (Wildman–Crippen MR) is 136 cm³/mol. The molecule has 1 unspecified atom stereocenters. The number of hydrogen-bond donors (Lipinski definition) is 2. The Balaban J connectivity index is 1.62. The van der Waals surface area contributed by atoms with Crippen molar-refractivity contribution in [3.63, 3.8) is 0 Å². The molecule has 0 fully saturated rings. The minimum Gasteiger partial charge on any atom is -0.381 e. The zero-order valence-corrected chi connectivity index (χ0v) is 20.0. The lowest BCUT2D eigenvalue weighted by atomic mass is 9.93. The monoisotopic (exact) mass is 576 g/mol. The smallest absolute Gasteiger partial charge is 0.381 e. The van der Waals surface area contributed by atoms with Gasteiger partial charge in [0.15, 0.2) is 0 Å². The summed E-state index contributed by atoms with van der Waals surface area (Å²) in [7, 11) is 0. The van der Waals surface area contributed by atoms with Crippen molar-refractivity contribution in [1.82, 2.24) is 9.97 Å². The summed E-state index contributed by atoms with van der Waals surface area (Å²) in [6.45, 7) is 4.22. The number of carbonyl (C=O) groups excluding carboxylic acids is 1. The topological polar surface area (TPSA) is 66.9 Å². The molecular formula is C25H20F3IN4O. The van der Waals surface area contributed by atoms with Gasteiger partial charge in [-0.2, -0.15) is 13.2 Å². The normalized spacial score (nSPS) is 15.8. The second-order valence-electron chi connectivity index (χ2n) is 7.76. The Morgan fingerprint density at radius 2 is 1.88 bits per heavy atom. The standard InChI is InChI=1S/C25H20F3IN4O/c1-15-7-8-17(9-21(15)25(26,27)28)13-31-24-20-11-18(30-12-16-5-3-2-4-6-16)10-19(23(29)34)22(20)32-14-33-24/h2-11,14,17,30H,1,12-13H2,(H,31,32,33). The number of alkyl halides is 3. The second-order valence-corrected chi connectivity index (χ2v) is 8.74. The van der Waals surface area contributed by atoms with Crippen LogP contribution in [0.25, 0.3) is 10.9 Å². The molecule has 4 rings (SSSR count). The summed E-state index contributed by atoms with van der Waals surface area (Å²) >= 11 is 1.71. The van der Waals surface area contributed by atoms with Crippen LogP contribution in [-0.4, -0.2) is 26.5 Å². The first-order valence-electron chi connectivity index (χ1n) is 10.4. The minimum absolute atomic E-state index is 0.0597. The number of benzene rings is 2. The van der Waals surface area contributed by atoms with E-state index in [4.69, 9.17) is 0 Å². The fourth-order valence-corrected chi connectivity index (χ4v) is 4.10. The third kappa shape index (κ3) is 5.46. The van der Waals surface area contributed by atoms with Gasteiger partial charge >= 0.3 is 6.18 Å². The molecule has 3 aromatic rings. The Labute approximate surface area is 208 Å². The van der Waals surface area contributed by atoms with Crippen LogP contribution in [0, 0.1) is 5.92 Å². The quantitative estimate of drug-likeness (QED) is 0.250. The van der Waals surface area contributed by atoms with E-state index in [1.165, 1.54) is 12.4 Å². The fourth-order valence-electron chi connectivity index (χ4n) is 3.68. The molecule has 0 amide bonds. The molecule has 0 bridgehead atoms. The highest BCUT2D eigenvalue weighted by atomic mass is 127. The third-order valence-electron chi connectivity index (χ3n) is 5.37. The van der Waals surface area contributed by atoms with Crippen LogP contribution in [0.4, 0.5) is 24.7 Å². The number of aromatic nitrogens is 2. The van der Waals surface area contributed by atoms with Crippen molar-refractivity contribution < 1.29 is 18.0 Å². The van der Waals surface area contributed by atoms with E-state index in [0.29, 0.717) is 34.5 Å². The SMILES string of the molecule is C=C1C=CC(CNc2ncnc3c(C(=O)I)cc(NCc4ccccc4)cc23)C=C1C(F)(F)F. The number of halogens is 4. The zero-order chi connectivity index (χ0) is 24.3. The molecule has 34 heavy (non-hydrogen) atoms. The highest BCUT2D eigenvalue weighted by Crippen LogP contribution is 2.35. The molecule has 174 valence electrons. The molecule has 5 nitrogen and oxygen atoms in total. The molecule has 1 aliphatic carbocycles. The Hall–Kier alpha value is -3.21. The van der Waals surface area contributed by atoms with Gasteiger partial charge in [0, 0.05) is 52.7 Å². The van der Waals surface area contributed by atoms with Gasteiger partial charge in [0.2, 0.25) is 3.79 Å². The molecule has 1 heterocycles. The number of nitrogens with zero attached hydrogens (tertiary/aromatic N) is 2. The van der Waals surface area contributed by atoms with Crippen molar-refractivity contribution in [2.45, 2.75) is 12.7 Å². The van der Waals surface area contributed by atoms with Gasteiger partial charge in [-0.15, -0.1) is 0 Å². The Bertz CT molecular complexity index is 1300. The largest absolute Gasteiger partial charge is 0.416 e. The van der Waals surface area contributed by atoms with Crippen LogP contribution in [-0.2, 0) is 6.54 Å². The van der Waals surface area contributed by atoms with Crippen molar-refractivity contribution in [1.29, 1.82) is 0 Å². The van der Waals surface area contributed by atoms with E-state index < -0.39 is 17.7 Å². The molecule has 0 radical (unpaired) electrons. The average Bonchev–Trinajstić information content (AvgIpc) is 2.81. The van der Waals surface area contributed by atoms with E-state index in [0.717, 1.165) is 11.6 Å². The van der Waals surface area contributed by atoms with Crippen LogP contribution in [0.1, 0.15) is 15.9 Å². The number of carbonyl (C=O) groups is 1. The first-order valence-corrected chi connectivity index (χ1v) is 11.5. The summed E-state index contributed by atoms with van der Waals surface area (Å²) in [5.74, 6) is -0.0655. The molecule has 1 atom stereocenters. The lowest BCUT2D eigenvalue weighted by Crippen LogP contribution is -2.20. The Morgan fingerprint density at radius 3 is 2.59 bits per heavy atom. The summed E-state index contributed by atoms with van der Waals surface area (Å²) in [5.41, 5.74) is 1.89. The van der Waals surface area contributed by atoms with Gasteiger partial charge in [-0.25, -0.2) is 9.97 Å². The molecule has 1 aliphatic rings. The summed E-state index contributed by atoms with van der Waals surface area (Å²) in [6.07, 6.45) is 1.08. The molecule has 0 aliphatic heterocycles. The number of rotatable bonds is 7. The highest BCUT2D eigenvalue weighted by molar-refractivity contribution is 14.1. The summed E-state index contributed by atoms with van der Waals surface area (Å²) in [5, 5.41) is 7.04. The molecule has 0 saturated carbocycles. The Morgan fingerprint density at radius 1 is 1.12 bits per heavy atom. The van der Waals surface area contributed by atoms with Crippen molar-refractivity contribution in [2.24, 2.45) is 5.92 Å². The molecule has 0 spiro atoms. The first-order chi connectivity index (χ1) is 16.2. The van der Waals surface area contributed by atoms with Crippen molar-refractivity contribution >= 4 is 48.8 Å². The predicted octanol–water partition coefficient (Wildman–Crippen LogP) is 6.46. The maximum atomic E-state index is 13.3. The second kappa shape index (κ2) is 9.96. The summed E-state index contributed by atoms with van der Waals surface area (Å²) in [4.78, 5) is 20.9. The van der Waals surface area contributed by atoms with Gasteiger partial charge in [-0.05, 0) is 23.3 Å². The van der Waals surface area contributed by atoms with E-state index in [9.17, 15) is 18.0 Å². The Kier molecular flexibility index (Phi) is 7.01. The van der Waals surface area contributed by atoms with Gasteiger partial charge in [0.05, 0.1) is 16.7 Å². The van der Waals surface area contributed by atoms with Gasteiger partial charge in [-0.1, -0.05) is 55.1 Å². The van der Waals surface area contributed by atoms with Crippen LogP contribution in [0.15, 0.2) is 84.7 Å². The highest BCUT2D eigenvalue weighted by Gasteiger charge is 2.36. The minimum atomic E-state index is -4.46. The van der Waals surface area contributed by atoms with Crippen LogP contribution in [0.3, 0.4) is 0 Å². The maximum absolute atomic E-state index is 13.3. The number of anilines is 2. The van der Waals surface area contributed by atoms with Crippen LogP contribution >= 0.6 is 22.6 Å². The van der Waals surface area contributed by atoms with E-state index in [1.54, 1.807) is 34.7 Å². The molecule has 2 aromatic carbocycles. The lowest BCUT2D eigenvalue weighted by Gasteiger charge is -2.20. The van der Waals surface area contributed by atoms with Crippen LogP contribution < -0.4 is 10.6 Å². The van der Waals surface area contributed by atoms with Crippen molar-refractivity contribution in [3.8, 4) is 0 Å². The molecule has 2 N–H and O–H groups in total. The summed E-state index contributed by atoms with van der Waals surface area (Å²) < 4.78 is 39.6. The number of hydrogen-bond acceptors (Lipinski definition) is 5. The maximum Gasteiger partial charge on any atom is 0.416 e. The molecule has 1 aromatic heterocycles. The van der Waals surface area contributed by atoms with E-state index >= 15 is 0 Å². The molecule has 9 heteroatoms. The third-order valence-corrected chi connectivity index (χ3v) is 5.95. The van der Waals surface area contributed by atoms with E-state index in [1.807, 2.05) is 36.4 Å². The lowest BCUT2D eigenvalue weighted by molar-refractivity contribution is -0.0894. The molecular weight excluding hydrogens is 556 g/mol. The van der Waals surface area contributed by atoms with Crippen LogP contribution in [0.5, 0.6) is 0 Å². The molecule has 0 saturated heterocycles. The average molecular weight is 576 g/mol. The fraction of sp³-hybridized carbons (Fsp3) is 0.160. The van der Waals surface area contributed by atoms with Gasteiger partial charge in [0.1, 0.15) is 12.1 Å². The number of nitrogens with one attached hydrogen (secondary N) is 2. The zero-order valence-electron chi connectivity index (χ0n) is 17.9. The van der Waals surface area contributed by atoms with E-state index in [-0.39, 0.29) is 15.9 Å². The van der Waals surface area contributed by atoms with Gasteiger partial charge in [0.25, 0.3) is 0 Å². The van der Waals surface area contributed by atoms with E-state index in [2.05, 4.69) is 27.2 Å². The number of fused-ring (bicyclic) bond motifs is 1. The first kappa shape index (κ1) is 23.9. The van der Waals surface area contributed by atoms with Crippen molar-refractivity contribution in [2.75, 3.05) is 17.2 Å². The van der Waals surface area contributed by atoms with Crippen LogP contribution in [0.2, 0.25) is 0 Å². The van der Waals surface area contributed by atoms with Gasteiger partial charge in [-0.3, -0.25) is 4.79 Å². The van der Waals surface area contributed by atoms with Gasteiger partial charge < -0.3 is 10.6 Å². The number of allylic oxidation sites excluding steroid dienone is 3. The van der Waals surface area contributed by atoms with Crippen molar-refractivity contribution in [3.05, 3.63) is 95.9 Å².